The number of hydrogen-bond donors (Lipinski definition) is 0. The lowest BCUT2D eigenvalue weighted by atomic mass is 10.2. The third-order valence-corrected chi connectivity index (χ3v) is 6.06. The summed E-state index contributed by atoms with van der Waals surface area (Å²) in [6, 6.07) is 18.0. The second kappa shape index (κ2) is 7.92. The predicted octanol–water partition coefficient (Wildman–Crippen LogP) is 4.78. The zero-order chi connectivity index (χ0) is 17.9. The summed E-state index contributed by atoms with van der Waals surface area (Å²) in [5.41, 5.74) is 1.97. The van der Waals surface area contributed by atoms with Crippen LogP contribution in [0, 0.1) is 3.57 Å². The van der Waals surface area contributed by atoms with Gasteiger partial charge in [0.15, 0.2) is 10.9 Å². The topological polar surface area (TPSA) is 47.8 Å². The Labute approximate surface area is 170 Å². The average molecular weight is 475 g/mol. The number of thioether (sulfide) groups is 1. The van der Waals surface area contributed by atoms with Crippen LogP contribution >= 0.6 is 34.4 Å². The van der Waals surface area contributed by atoms with Gasteiger partial charge in [-0.3, -0.25) is 4.79 Å². The van der Waals surface area contributed by atoms with Crippen LogP contribution in [0.2, 0.25) is 0 Å². The molecule has 0 bridgehead atoms. The molecule has 0 saturated heterocycles. The van der Waals surface area contributed by atoms with E-state index in [0.717, 1.165) is 26.7 Å². The molecular formula is C20H18IN3OS. The summed E-state index contributed by atoms with van der Waals surface area (Å²) in [5, 5.41) is 9.62. The van der Waals surface area contributed by atoms with Crippen molar-refractivity contribution in [1.82, 2.24) is 14.8 Å². The third kappa shape index (κ3) is 4.17. The summed E-state index contributed by atoms with van der Waals surface area (Å²) in [4.78, 5) is 12.5. The van der Waals surface area contributed by atoms with E-state index < -0.39 is 0 Å². The molecule has 0 amide bonds. The quantitative estimate of drug-likeness (QED) is 0.280. The molecule has 132 valence electrons. The number of carbonyl (C=O) groups excluding carboxylic acids is 1. The molecule has 0 N–H and O–H groups in total. The first-order valence-corrected chi connectivity index (χ1v) is 10.7. The minimum atomic E-state index is 0.119. The molecule has 3 aromatic rings. The van der Waals surface area contributed by atoms with Gasteiger partial charge in [-0.1, -0.05) is 54.2 Å². The van der Waals surface area contributed by atoms with E-state index >= 15 is 0 Å². The van der Waals surface area contributed by atoms with Gasteiger partial charge in [-0.15, -0.1) is 10.2 Å². The number of Topliss-reactive ketones (excluding diaryl/α,β-unsaturated/α-hetero) is 1. The van der Waals surface area contributed by atoms with Crippen molar-refractivity contribution >= 4 is 40.1 Å². The van der Waals surface area contributed by atoms with Gasteiger partial charge in [0, 0.05) is 15.1 Å². The number of halogens is 1. The molecule has 0 atom stereocenters. The summed E-state index contributed by atoms with van der Waals surface area (Å²) in [5.74, 6) is 2.07. The molecule has 0 radical (unpaired) electrons. The van der Waals surface area contributed by atoms with Crippen LogP contribution in [-0.4, -0.2) is 26.3 Å². The van der Waals surface area contributed by atoms with Crippen molar-refractivity contribution in [3.8, 4) is 0 Å². The zero-order valence-corrected chi connectivity index (χ0v) is 17.1. The van der Waals surface area contributed by atoms with Gasteiger partial charge in [0.05, 0.1) is 12.3 Å². The standard InChI is InChI=1S/C20H18IN3OS/c21-17-10-8-15(9-11-17)18(25)13-26-20-23-22-19(16-6-7-16)24(20)12-14-4-2-1-3-5-14/h1-5,8-11,16H,6-7,12-13H2. The number of nitrogens with zero attached hydrogens (tertiary/aromatic N) is 3. The largest absolute Gasteiger partial charge is 0.301 e. The van der Waals surface area contributed by atoms with Crippen molar-refractivity contribution in [2.24, 2.45) is 0 Å². The normalized spacial score (nSPS) is 13.7. The first-order chi connectivity index (χ1) is 12.7. The van der Waals surface area contributed by atoms with Crippen molar-refractivity contribution in [2.75, 3.05) is 5.75 Å². The Morgan fingerprint density at radius 1 is 1.08 bits per heavy atom. The molecule has 0 unspecified atom stereocenters. The van der Waals surface area contributed by atoms with E-state index in [2.05, 4.69) is 49.5 Å². The molecule has 1 aliphatic rings. The van der Waals surface area contributed by atoms with Crippen LogP contribution < -0.4 is 0 Å². The highest BCUT2D eigenvalue weighted by atomic mass is 127. The van der Waals surface area contributed by atoms with E-state index in [1.54, 1.807) is 0 Å². The van der Waals surface area contributed by atoms with Crippen molar-refractivity contribution < 1.29 is 4.79 Å². The van der Waals surface area contributed by atoms with Gasteiger partial charge >= 0.3 is 0 Å². The lowest BCUT2D eigenvalue weighted by Gasteiger charge is -2.10. The van der Waals surface area contributed by atoms with Crippen LogP contribution in [0.3, 0.4) is 0 Å². The first-order valence-electron chi connectivity index (χ1n) is 8.59. The fourth-order valence-electron chi connectivity index (χ4n) is 2.81. The van der Waals surface area contributed by atoms with Gasteiger partial charge in [0.1, 0.15) is 5.82 Å². The van der Waals surface area contributed by atoms with Gasteiger partial charge < -0.3 is 4.57 Å². The number of aromatic nitrogens is 3. The maximum atomic E-state index is 12.5. The number of hydrogen-bond acceptors (Lipinski definition) is 4. The average Bonchev–Trinajstić information content (AvgIpc) is 3.43. The third-order valence-electron chi connectivity index (χ3n) is 4.37. The SMILES string of the molecule is O=C(CSc1nnc(C2CC2)n1Cc1ccccc1)c1ccc(I)cc1. The number of rotatable bonds is 7. The molecule has 1 fully saturated rings. The smallest absolute Gasteiger partial charge is 0.191 e. The van der Waals surface area contributed by atoms with Crippen LogP contribution in [0.4, 0.5) is 0 Å². The van der Waals surface area contributed by atoms with Gasteiger partial charge in [-0.2, -0.15) is 0 Å². The first kappa shape index (κ1) is 17.7. The lowest BCUT2D eigenvalue weighted by Crippen LogP contribution is -2.08. The monoisotopic (exact) mass is 475 g/mol. The van der Waals surface area contributed by atoms with Crippen LogP contribution in [0.25, 0.3) is 0 Å². The van der Waals surface area contributed by atoms with Crippen LogP contribution in [0.5, 0.6) is 0 Å². The number of benzene rings is 2. The second-order valence-electron chi connectivity index (χ2n) is 6.41. The highest BCUT2D eigenvalue weighted by Gasteiger charge is 2.30. The van der Waals surface area contributed by atoms with E-state index in [1.165, 1.54) is 30.2 Å². The summed E-state index contributed by atoms with van der Waals surface area (Å²) in [7, 11) is 0. The van der Waals surface area contributed by atoms with Gasteiger partial charge in [-0.25, -0.2) is 0 Å². The van der Waals surface area contributed by atoms with Gasteiger partial charge in [-0.05, 0) is 53.1 Å². The molecule has 6 heteroatoms. The maximum absolute atomic E-state index is 12.5. The Morgan fingerprint density at radius 3 is 2.50 bits per heavy atom. The molecular weight excluding hydrogens is 457 g/mol. The Bertz CT molecular complexity index is 905. The molecule has 4 rings (SSSR count). The summed E-state index contributed by atoms with van der Waals surface area (Å²) in [6.07, 6.45) is 2.36. The fourth-order valence-corrected chi connectivity index (χ4v) is 4.01. The summed E-state index contributed by atoms with van der Waals surface area (Å²) in [6.45, 7) is 0.750. The minimum absolute atomic E-state index is 0.119. The number of ketones is 1. The Balaban J connectivity index is 1.51. The van der Waals surface area contributed by atoms with E-state index in [0.29, 0.717) is 11.7 Å². The lowest BCUT2D eigenvalue weighted by molar-refractivity contribution is 0.102. The van der Waals surface area contributed by atoms with E-state index in [-0.39, 0.29) is 5.78 Å². The molecule has 1 aromatic heterocycles. The van der Waals surface area contributed by atoms with Gasteiger partial charge in [0.25, 0.3) is 0 Å². The summed E-state index contributed by atoms with van der Waals surface area (Å²) < 4.78 is 3.31. The van der Waals surface area contributed by atoms with E-state index in [9.17, 15) is 4.79 Å². The van der Waals surface area contributed by atoms with Crippen molar-refractivity contribution in [2.45, 2.75) is 30.5 Å². The van der Waals surface area contributed by atoms with Crippen molar-refractivity contribution in [1.29, 1.82) is 0 Å². The Kier molecular flexibility index (Phi) is 5.40. The predicted molar refractivity (Wildman–Crippen MR) is 112 cm³/mol. The maximum Gasteiger partial charge on any atom is 0.191 e. The molecule has 0 aliphatic heterocycles. The van der Waals surface area contributed by atoms with Crippen molar-refractivity contribution in [3.05, 3.63) is 75.1 Å². The van der Waals surface area contributed by atoms with E-state index in [4.69, 9.17) is 0 Å². The summed E-state index contributed by atoms with van der Waals surface area (Å²) >= 11 is 3.72. The Morgan fingerprint density at radius 2 is 1.81 bits per heavy atom. The highest BCUT2D eigenvalue weighted by Crippen LogP contribution is 2.40. The second-order valence-corrected chi connectivity index (χ2v) is 8.59. The van der Waals surface area contributed by atoms with Crippen LogP contribution in [-0.2, 0) is 6.54 Å². The van der Waals surface area contributed by atoms with Crippen LogP contribution in [0.1, 0.15) is 40.5 Å². The number of carbonyl (C=O) groups is 1. The highest BCUT2D eigenvalue weighted by molar-refractivity contribution is 14.1. The van der Waals surface area contributed by atoms with Gasteiger partial charge in [0.2, 0.25) is 0 Å². The fraction of sp³-hybridized carbons (Fsp3) is 0.250. The molecule has 26 heavy (non-hydrogen) atoms. The minimum Gasteiger partial charge on any atom is -0.301 e. The molecule has 0 spiro atoms. The zero-order valence-electron chi connectivity index (χ0n) is 14.1. The Hall–Kier alpha value is -1.67. The molecule has 1 saturated carbocycles. The van der Waals surface area contributed by atoms with E-state index in [1.807, 2.05) is 42.5 Å². The van der Waals surface area contributed by atoms with Crippen LogP contribution in [0.15, 0.2) is 59.8 Å². The molecule has 1 heterocycles. The molecule has 1 aliphatic carbocycles. The molecule has 2 aromatic carbocycles. The van der Waals surface area contributed by atoms with Crippen molar-refractivity contribution in [3.63, 3.8) is 0 Å². The molecule has 4 nitrogen and oxygen atoms in total.